The van der Waals surface area contributed by atoms with E-state index in [4.69, 9.17) is 0 Å². The molecule has 0 bridgehead atoms. The molecule has 19 heavy (non-hydrogen) atoms. The Bertz CT molecular complexity index is 24.9. The van der Waals surface area contributed by atoms with Gasteiger partial charge in [0.05, 0.1) is 0 Å². The Morgan fingerprint density at radius 3 is 0.158 bits per heavy atom. The molecule has 12 nitrogen and oxygen atoms in total. The molecule has 0 aliphatic heterocycles. The summed E-state index contributed by atoms with van der Waals surface area (Å²) < 4.78 is 0. The minimum Gasteiger partial charge on any atom is -0.870 e. The van der Waals surface area contributed by atoms with Crippen LogP contribution in [0, 0.1) is 0 Å². The zero-order valence-electron chi connectivity index (χ0n) is 8.66. The van der Waals surface area contributed by atoms with Gasteiger partial charge in [-0.1, -0.05) is 0 Å². The summed E-state index contributed by atoms with van der Waals surface area (Å²) in [5.74, 6) is 0. The van der Waals surface area contributed by atoms with Crippen LogP contribution in [-0.2, 0) is 65.2 Å². The van der Waals surface area contributed by atoms with Gasteiger partial charge in [-0.25, -0.2) is 0 Å². The van der Waals surface area contributed by atoms with Gasteiger partial charge < -0.3 is 65.7 Å². The second kappa shape index (κ2) is 423. The topological polar surface area (TPSA) is 360 Å². The van der Waals surface area contributed by atoms with E-state index in [1.54, 1.807) is 0 Å². The summed E-state index contributed by atoms with van der Waals surface area (Å²) >= 11 is 0. The molecule has 0 saturated heterocycles. The van der Waals surface area contributed by atoms with Gasteiger partial charge in [0.15, 0.2) is 0 Å². The third-order valence-corrected chi connectivity index (χ3v) is 0. The van der Waals surface area contributed by atoms with Gasteiger partial charge in [0.2, 0.25) is 0 Å². The molecule has 0 aromatic rings. The predicted octanol–water partition coefficient (Wildman–Crippen LogP) is -3.65. The van der Waals surface area contributed by atoms with Crippen LogP contribution < -0.4 is 0 Å². The summed E-state index contributed by atoms with van der Waals surface area (Å²) in [5.41, 5.74) is 0. The smallest absolute Gasteiger partial charge is 0.870 e. The summed E-state index contributed by atoms with van der Waals surface area (Å²) in [6, 6.07) is 0. The first-order chi connectivity index (χ1) is 0. The van der Waals surface area contributed by atoms with E-state index in [0.29, 0.717) is 0 Å². The molecule has 0 unspecified atom stereocenters. The average Bonchev–Trinajstić information content (AvgIpc) is 0. The predicted molar refractivity (Wildman–Crippen MR) is 46.2 cm³/mol. The number of hydrogen-bond acceptors (Lipinski definition) is 12. The van der Waals surface area contributed by atoms with Crippen LogP contribution in [-0.4, -0.2) is 171 Å². The van der Waals surface area contributed by atoms with Crippen LogP contribution >= 0.6 is 0 Å². The van der Waals surface area contributed by atoms with Crippen molar-refractivity contribution < 1.29 is 131 Å². The zero-order chi connectivity index (χ0) is 0. The van der Waals surface area contributed by atoms with Crippen LogP contribution in [0.2, 0.25) is 0 Å². The van der Waals surface area contributed by atoms with Crippen molar-refractivity contribution in [3.63, 3.8) is 0 Å². The zero-order valence-corrected chi connectivity index (χ0v) is 27.2. The van der Waals surface area contributed by atoms with Crippen molar-refractivity contribution >= 4 is 105 Å². The molecule has 0 saturated carbocycles. The Balaban J connectivity index is 0. The van der Waals surface area contributed by atoms with Crippen molar-refractivity contribution in [3.05, 3.63) is 0 Å². The van der Waals surface area contributed by atoms with Crippen LogP contribution in [0.4, 0.5) is 0 Å². The summed E-state index contributed by atoms with van der Waals surface area (Å²) in [6.07, 6.45) is 0. The van der Waals surface area contributed by atoms with Gasteiger partial charge in [0.1, 0.15) is 0 Å². The van der Waals surface area contributed by atoms with Crippen LogP contribution in [0.25, 0.3) is 0 Å². The first-order valence-electron chi connectivity index (χ1n) is 0. The van der Waals surface area contributed by atoms with E-state index in [-0.39, 0.29) is 236 Å². The third-order valence-electron chi connectivity index (χ3n) is 0. The molecule has 0 aliphatic carbocycles. The Morgan fingerprint density at radius 1 is 0.158 bits per heavy atom. The van der Waals surface area contributed by atoms with E-state index in [2.05, 4.69) is 0 Å². The average molecular weight is 1180 g/mol. The molecular formula is H12Bi4O12Ti3. The third kappa shape index (κ3) is 386. The van der Waals surface area contributed by atoms with Crippen LogP contribution in [0.5, 0.6) is 0 Å². The maximum Gasteiger partial charge on any atom is 3.00 e. The van der Waals surface area contributed by atoms with Crippen molar-refractivity contribution in [2.45, 2.75) is 0 Å². The summed E-state index contributed by atoms with van der Waals surface area (Å²) in [7, 11) is 0. The minimum absolute atomic E-state index is 0. The van der Waals surface area contributed by atoms with Crippen molar-refractivity contribution in [3.8, 4) is 0 Å². The van der Waals surface area contributed by atoms with E-state index < -0.39 is 0 Å². The van der Waals surface area contributed by atoms with Gasteiger partial charge in [-0.15, -0.1) is 0 Å². The molecule has 0 aliphatic rings. The first kappa shape index (κ1) is 482. The molecule has 8 radical (unpaired) electrons. The van der Waals surface area contributed by atoms with Gasteiger partial charge in [-0.2, -0.15) is 0 Å². The standard InChI is InChI=1S/4Bi.12H2O.3Ti/h;;;;12*1H2;;;/q4*+3;;;;;;;;;;;;;;;/p-12. The quantitative estimate of drug-likeness (QED) is 0.212. The summed E-state index contributed by atoms with van der Waals surface area (Å²) in [5, 5.41) is 0. The van der Waals surface area contributed by atoms with Gasteiger partial charge >= 0.3 is 105 Å². The molecule has 0 spiro atoms. The van der Waals surface area contributed by atoms with Crippen LogP contribution in [0.15, 0.2) is 0 Å². The molecule has 0 atom stereocenters. The largest absolute Gasteiger partial charge is 3.00 e. The Hall–Kier alpha value is 5.20. The van der Waals surface area contributed by atoms with Crippen molar-refractivity contribution in [2.75, 3.05) is 0 Å². The monoisotopic (exact) mass is 1180 g/mol. The molecule has 0 fully saturated rings. The van der Waals surface area contributed by atoms with Crippen LogP contribution in [0.1, 0.15) is 0 Å². The molecule has 19 heteroatoms. The second-order valence-corrected chi connectivity index (χ2v) is 0. The normalized spacial score (nSPS) is 0. The van der Waals surface area contributed by atoms with E-state index in [0.717, 1.165) is 0 Å². The van der Waals surface area contributed by atoms with E-state index in [1.165, 1.54) is 0 Å². The molecule has 0 aromatic heterocycles. The molecule has 116 valence electrons. The Morgan fingerprint density at radius 2 is 0.158 bits per heavy atom. The second-order valence-electron chi connectivity index (χ2n) is 0. The fourth-order valence-corrected chi connectivity index (χ4v) is 0. The fraction of sp³-hybridized carbons (Fsp3) is 0. The molecule has 0 aromatic carbocycles. The maximum absolute atomic E-state index is 0. The fourth-order valence-electron chi connectivity index (χ4n) is 0. The van der Waals surface area contributed by atoms with E-state index in [1.807, 2.05) is 0 Å². The van der Waals surface area contributed by atoms with E-state index >= 15 is 0 Å². The molecule has 12 N–H and O–H groups in total. The number of rotatable bonds is 0. The Kier molecular flexibility index (Phi) is 10700. The molecule has 0 amide bonds. The minimum atomic E-state index is 0. The molecule has 0 rings (SSSR count). The van der Waals surface area contributed by atoms with Crippen molar-refractivity contribution in [1.29, 1.82) is 0 Å². The Labute approximate surface area is 231 Å². The molecular weight excluding hydrogens is 1170 g/mol. The van der Waals surface area contributed by atoms with Crippen molar-refractivity contribution in [2.24, 2.45) is 0 Å². The first-order valence-corrected chi connectivity index (χ1v) is 0. The summed E-state index contributed by atoms with van der Waals surface area (Å²) in [6.45, 7) is 0. The summed E-state index contributed by atoms with van der Waals surface area (Å²) in [4.78, 5) is 0. The van der Waals surface area contributed by atoms with Gasteiger partial charge in [-0.05, 0) is 0 Å². The number of hydrogen-bond donors (Lipinski definition) is 0. The van der Waals surface area contributed by atoms with Gasteiger partial charge in [0, 0.05) is 65.2 Å². The van der Waals surface area contributed by atoms with Gasteiger partial charge in [0.25, 0.3) is 0 Å². The maximum atomic E-state index is 0. The van der Waals surface area contributed by atoms with E-state index in [9.17, 15) is 0 Å². The SMILES string of the molecule is [Bi+3].[Bi+3].[Bi+3].[Bi+3].[OH-].[OH-].[OH-].[OH-].[OH-].[OH-].[OH-].[OH-].[OH-].[OH-].[OH-].[OH-].[Ti].[Ti].[Ti]. The van der Waals surface area contributed by atoms with Gasteiger partial charge in [-0.3, -0.25) is 0 Å². The molecule has 0 heterocycles. The van der Waals surface area contributed by atoms with Crippen molar-refractivity contribution in [1.82, 2.24) is 0 Å². The van der Waals surface area contributed by atoms with Crippen LogP contribution in [0.3, 0.4) is 0 Å².